The molecule has 0 aliphatic carbocycles. The molecule has 30 heavy (non-hydrogen) atoms. The quantitative estimate of drug-likeness (QED) is 0.514. The molecule has 0 saturated heterocycles. The monoisotopic (exact) mass is 424 g/mol. The number of pyridine rings is 1. The SMILES string of the molecule is CC(C)n1c2ccccc2c2c1cc(C(=O)NCCc1cccnc1)n2S(C)(=O)=O. The standard InChI is InChI=1S/C22H24N4O3S/c1-15(2)25-18-9-5-4-8-17(18)21-19(25)13-20(26(21)30(3,28)29)22(27)24-12-10-16-7-6-11-23-14-16/h4-9,11,13-15H,10,12H2,1-3H3,(H,24,27). The summed E-state index contributed by atoms with van der Waals surface area (Å²) in [7, 11) is -3.71. The number of hydrogen-bond acceptors (Lipinski definition) is 4. The third-order valence-electron chi connectivity index (χ3n) is 5.12. The average Bonchev–Trinajstić information content (AvgIpc) is 3.23. The van der Waals surface area contributed by atoms with Gasteiger partial charge < -0.3 is 9.88 Å². The van der Waals surface area contributed by atoms with Gasteiger partial charge in [0.05, 0.1) is 22.8 Å². The van der Waals surface area contributed by atoms with E-state index in [0.717, 1.165) is 28.2 Å². The van der Waals surface area contributed by atoms with E-state index in [2.05, 4.69) is 14.9 Å². The summed E-state index contributed by atoms with van der Waals surface area (Å²) in [5.74, 6) is -0.417. The minimum absolute atomic E-state index is 0.101. The van der Waals surface area contributed by atoms with Gasteiger partial charge in [-0.05, 0) is 44.0 Å². The molecule has 0 spiro atoms. The van der Waals surface area contributed by atoms with E-state index in [-0.39, 0.29) is 11.7 Å². The lowest BCUT2D eigenvalue weighted by Gasteiger charge is -2.11. The summed E-state index contributed by atoms with van der Waals surface area (Å²) in [4.78, 5) is 17.0. The van der Waals surface area contributed by atoms with Gasteiger partial charge >= 0.3 is 0 Å². The Labute approximate surface area is 175 Å². The molecule has 3 heterocycles. The van der Waals surface area contributed by atoms with Crippen LogP contribution in [0.3, 0.4) is 0 Å². The maximum Gasteiger partial charge on any atom is 0.269 e. The van der Waals surface area contributed by atoms with Crippen LogP contribution < -0.4 is 5.32 Å². The van der Waals surface area contributed by atoms with Crippen LogP contribution in [0.5, 0.6) is 0 Å². The number of para-hydroxylation sites is 1. The van der Waals surface area contributed by atoms with Crippen LogP contribution >= 0.6 is 0 Å². The lowest BCUT2D eigenvalue weighted by molar-refractivity contribution is 0.0948. The predicted molar refractivity (Wildman–Crippen MR) is 118 cm³/mol. The first-order valence-electron chi connectivity index (χ1n) is 9.81. The Morgan fingerprint density at radius 2 is 1.90 bits per heavy atom. The third kappa shape index (κ3) is 3.47. The van der Waals surface area contributed by atoms with Gasteiger partial charge in [-0.3, -0.25) is 9.78 Å². The van der Waals surface area contributed by atoms with Gasteiger partial charge in [0.25, 0.3) is 5.91 Å². The highest BCUT2D eigenvalue weighted by Gasteiger charge is 2.26. The van der Waals surface area contributed by atoms with Gasteiger partial charge in [0.15, 0.2) is 0 Å². The van der Waals surface area contributed by atoms with Crippen LogP contribution in [0.15, 0.2) is 54.9 Å². The first-order valence-corrected chi connectivity index (χ1v) is 11.7. The summed E-state index contributed by atoms with van der Waals surface area (Å²) in [6, 6.07) is 13.2. The Bertz CT molecular complexity index is 1340. The Hall–Kier alpha value is -3.13. The van der Waals surface area contributed by atoms with Crippen LogP contribution in [0.2, 0.25) is 0 Å². The van der Waals surface area contributed by atoms with Gasteiger partial charge in [0, 0.05) is 30.4 Å². The van der Waals surface area contributed by atoms with Crippen LogP contribution in [0.4, 0.5) is 0 Å². The molecule has 0 aliphatic rings. The zero-order valence-electron chi connectivity index (χ0n) is 17.2. The topological polar surface area (TPSA) is 86.0 Å². The largest absolute Gasteiger partial charge is 0.350 e. The molecular formula is C22H24N4O3S. The summed E-state index contributed by atoms with van der Waals surface area (Å²) >= 11 is 0. The first kappa shape index (κ1) is 20.2. The van der Waals surface area contributed by atoms with E-state index in [4.69, 9.17) is 0 Å². The Kier molecular flexibility index (Phi) is 5.11. The molecule has 4 aromatic rings. The molecule has 4 rings (SSSR count). The smallest absolute Gasteiger partial charge is 0.269 e. The number of amides is 1. The summed E-state index contributed by atoms with van der Waals surface area (Å²) in [6.07, 6.45) is 5.18. The van der Waals surface area contributed by atoms with Gasteiger partial charge in [-0.2, -0.15) is 0 Å². The predicted octanol–water partition coefficient (Wildman–Crippen LogP) is 3.35. The molecule has 0 saturated carbocycles. The number of benzene rings is 1. The Morgan fingerprint density at radius 1 is 1.13 bits per heavy atom. The van der Waals surface area contributed by atoms with E-state index in [9.17, 15) is 13.2 Å². The number of aromatic nitrogens is 3. The highest BCUT2D eigenvalue weighted by Crippen LogP contribution is 2.35. The van der Waals surface area contributed by atoms with Crippen LogP contribution in [0.1, 0.15) is 35.9 Å². The molecule has 0 radical (unpaired) electrons. The molecule has 3 aromatic heterocycles. The number of fused-ring (bicyclic) bond motifs is 3. The van der Waals surface area contributed by atoms with Gasteiger partial charge in [0.2, 0.25) is 10.0 Å². The fraction of sp³-hybridized carbons (Fsp3) is 0.273. The van der Waals surface area contributed by atoms with Crippen molar-refractivity contribution in [1.82, 2.24) is 18.8 Å². The van der Waals surface area contributed by atoms with E-state index >= 15 is 0 Å². The van der Waals surface area contributed by atoms with Crippen molar-refractivity contribution in [3.05, 3.63) is 66.1 Å². The second kappa shape index (κ2) is 7.60. The third-order valence-corrected chi connectivity index (χ3v) is 6.16. The van der Waals surface area contributed by atoms with Crippen LogP contribution in [0, 0.1) is 0 Å². The molecule has 1 amide bonds. The van der Waals surface area contributed by atoms with Crippen molar-refractivity contribution in [3.63, 3.8) is 0 Å². The van der Waals surface area contributed by atoms with E-state index in [1.165, 1.54) is 3.97 Å². The van der Waals surface area contributed by atoms with Crippen molar-refractivity contribution in [2.75, 3.05) is 12.8 Å². The molecule has 156 valence electrons. The number of carbonyl (C=O) groups excluding carboxylic acids is 1. The van der Waals surface area contributed by atoms with Crippen LogP contribution in [-0.4, -0.2) is 40.6 Å². The fourth-order valence-corrected chi connectivity index (χ4v) is 4.96. The van der Waals surface area contributed by atoms with Gasteiger partial charge in [-0.15, -0.1) is 0 Å². The lowest BCUT2D eigenvalue weighted by Crippen LogP contribution is -2.29. The minimum Gasteiger partial charge on any atom is -0.350 e. The zero-order chi connectivity index (χ0) is 21.5. The molecule has 0 aliphatic heterocycles. The summed E-state index contributed by atoms with van der Waals surface area (Å²) in [5, 5.41) is 3.65. The van der Waals surface area contributed by atoms with Crippen molar-refractivity contribution >= 4 is 37.9 Å². The van der Waals surface area contributed by atoms with Crippen molar-refractivity contribution in [1.29, 1.82) is 0 Å². The zero-order valence-corrected chi connectivity index (χ0v) is 18.0. The summed E-state index contributed by atoms with van der Waals surface area (Å²) in [5.41, 5.74) is 3.33. The lowest BCUT2D eigenvalue weighted by atomic mass is 10.2. The molecule has 7 nitrogen and oxygen atoms in total. The molecule has 8 heteroatoms. The Morgan fingerprint density at radius 3 is 2.57 bits per heavy atom. The van der Waals surface area contributed by atoms with Crippen molar-refractivity contribution < 1.29 is 13.2 Å². The van der Waals surface area contributed by atoms with E-state index in [1.807, 2.05) is 50.2 Å². The minimum atomic E-state index is -3.71. The normalized spacial score (nSPS) is 12.1. The van der Waals surface area contributed by atoms with Gasteiger partial charge in [-0.25, -0.2) is 12.4 Å². The molecule has 1 N–H and O–H groups in total. The molecule has 1 aromatic carbocycles. The van der Waals surface area contributed by atoms with Crippen LogP contribution in [-0.2, 0) is 16.4 Å². The average molecular weight is 425 g/mol. The second-order valence-electron chi connectivity index (χ2n) is 7.64. The molecule has 0 unspecified atom stereocenters. The number of nitrogens with zero attached hydrogens (tertiary/aromatic N) is 3. The second-order valence-corrected chi connectivity index (χ2v) is 9.47. The number of hydrogen-bond donors (Lipinski definition) is 1. The van der Waals surface area contributed by atoms with Crippen molar-refractivity contribution in [2.24, 2.45) is 0 Å². The molecule has 0 bridgehead atoms. The Balaban J connectivity index is 1.80. The van der Waals surface area contributed by atoms with Crippen molar-refractivity contribution in [2.45, 2.75) is 26.3 Å². The highest BCUT2D eigenvalue weighted by molar-refractivity contribution is 7.89. The van der Waals surface area contributed by atoms with E-state index in [1.54, 1.807) is 18.5 Å². The summed E-state index contributed by atoms with van der Waals surface area (Å²) < 4.78 is 28.7. The molecule has 0 atom stereocenters. The fourth-order valence-electron chi connectivity index (χ4n) is 3.94. The van der Waals surface area contributed by atoms with Crippen LogP contribution in [0.25, 0.3) is 21.9 Å². The molecular weight excluding hydrogens is 400 g/mol. The number of nitrogens with one attached hydrogen (secondary N) is 1. The number of carbonyl (C=O) groups is 1. The van der Waals surface area contributed by atoms with Gasteiger partial charge in [-0.1, -0.05) is 24.3 Å². The number of rotatable bonds is 6. The highest BCUT2D eigenvalue weighted by atomic mass is 32.2. The maximum absolute atomic E-state index is 13.0. The summed E-state index contributed by atoms with van der Waals surface area (Å²) in [6.45, 7) is 4.46. The first-order chi connectivity index (χ1) is 14.3. The van der Waals surface area contributed by atoms with E-state index < -0.39 is 15.9 Å². The molecule has 0 fully saturated rings. The van der Waals surface area contributed by atoms with Crippen molar-refractivity contribution in [3.8, 4) is 0 Å². The maximum atomic E-state index is 13.0. The van der Waals surface area contributed by atoms with E-state index in [0.29, 0.717) is 18.5 Å². The van der Waals surface area contributed by atoms with Gasteiger partial charge in [0.1, 0.15) is 5.69 Å².